The molecule has 0 heterocycles. The maximum Gasteiger partial charge on any atom is 0.338 e. The fourth-order valence-corrected chi connectivity index (χ4v) is 1.07. The number of hydrogen-bond donors (Lipinski definition) is 2. The molecule has 1 atom stereocenters. The predicted molar refractivity (Wildman–Crippen MR) is 59.9 cm³/mol. The molecular formula is C10H11ClN2O3. The van der Waals surface area contributed by atoms with Gasteiger partial charge in [0.05, 0.1) is 16.3 Å². The second-order valence-corrected chi connectivity index (χ2v) is 3.59. The highest BCUT2D eigenvalue weighted by molar-refractivity contribution is 6.33. The van der Waals surface area contributed by atoms with Crippen LogP contribution >= 0.6 is 11.6 Å². The number of halogens is 1. The lowest BCUT2D eigenvalue weighted by atomic mass is 10.2. The van der Waals surface area contributed by atoms with Crippen molar-refractivity contribution in [1.29, 1.82) is 0 Å². The van der Waals surface area contributed by atoms with Gasteiger partial charge in [0.15, 0.2) is 6.10 Å². The first-order valence-corrected chi connectivity index (χ1v) is 4.85. The van der Waals surface area contributed by atoms with Gasteiger partial charge in [0.25, 0.3) is 5.91 Å². The SMILES string of the molecule is C[C@@H](OC(=O)c1ccc(Cl)c(N)c1)C(N)=O. The molecule has 1 aromatic rings. The van der Waals surface area contributed by atoms with Crippen LogP contribution < -0.4 is 11.5 Å². The zero-order valence-electron chi connectivity index (χ0n) is 8.57. The van der Waals surface area contributed by atoms with Gasteiger partial charge in [0.2, 0.25) is 0 Å². The van der Waals surface area contributed by atoms with E-state index in [9.17, 15) is 9.59 Å². The Bertz CT molecular complexity index is 434. The van der Waals surface area contributed by atoms with Crippen molar-refractivity contribution in [2.45, 2.75) is 13.0 Å². The smallest absolute Gasteiger partial charge is 0.338 e. The maximum absolute atomic E-state index is 11.5. The van der Waals surface area contributed by atoms with E-state index >= 15 is 0 Å². The van der Waals surface area contributed by atoms with E-state index in [0.29, 0.717) is 5.02 Å². The van der Waals surface area contributed by atoms with Crippen LogP contribution in [0.15, 0.2) is 18.2 Å². The molecular weight excluding hydrogens is 232 g/mol. The van der Waals surface area contributed by atoms with Gasteiger partial charge in [-0.2, -0.15) is 0 Å². The molecule has 0 aliphatic heterocycles. The van der Waals surface area contributed by atoms with Gasteiger partial charge >= 0.3 is 5.97 Å². The number of carbonyl (C=O) groups is 2. The average molecular weight is 243 g/mol. The number of rotatable bonds is 3. The molecule has 0 aliphatic rings. The standard InChI is InChI=1S/C10H11ClN2O3/c1-5(9(13)14)16-10(15)6-2-3-7(11)8(12)4-6/h2-5H,12H2,1H3,(H2,13,14)/t5-/m1/s1. The Hall–Kier alpha value is -1.75. The molecule has 5 nitrogen and oxygen atoms in total. The highest BCUT2D eigenvalue weighted by Crippen LogP contribution is 2.20. The summed E-state index contributed by atoms with van der Waals surface area (Å²) in [5, 5.41) is 0.347. The Morgan fingerprint density at radius 3 is 2.56 bits per heavy atom. The van der Waals surface area contributed by atoms with E-state index in [1.165, 1.54) is 25.1 Å². The van der Waals surface area contributed by atoms with E-state index < -0.39 is 18.0 Å². The van der Waals surface area contributed by atoms with E-state index in [0.717, 1.165) is 0 Å². The third-order valence-electron chi connectivity index (χ3n) is 1.92. The quantitative estimate of drug-likeness (QED) is 0.609. The lowest BCUT2D eigenvalue weighted by Gasteiger charge is -2.09. The number of nitrogen functional groups attached to an aromatic ring is 1. The summed E-state index contributed by atoms with van der Waals surface area (Å²) in [5.41, 5.74) is 11.0. The van der Waals surface area contributed by atoms with Crippen LogP contribution in [0.2, 0.25) is 5.02 Å². The van der Waals surface area contributed by atoms with E-state index in [-0.39, 0.29) is 11.3 Å². The molecule has 1 aromatic carbocycles. The molecule has 6 heteroatoms. The molecule has 0 aromatic heterocycles. The van der Waals surface area contributed by atoms with Crippen molar-refractivity contribution in [2.24, 2.45) is 5.73 Å². The van der Waals surface area contributed by atoms with Crippen LogP contribution in [0.4, 0.5) is 5.69 Å². The van der Waals surface area contributed by atoms with Crippen LogP contribution in [0.3, 0.4) is 0 Å². The first kappa shape index (κ1) is 12.3. The first-order valence-electron chi connectivity index (χ1n) is 4.47. The van der Waals surface area contributed by atoms with Gasteiger partial charge in [-0.05, 0) is 25.1 Å². The molecule has 4 N–H and O–H groups in total. The molecule has 0 saturated heterocycles. The van der Waals surface area contributed by atoms with Crippen LogP contribution in [0.5, 0.6) is 0 Å². The summed E-state index contributed by atoms with van der Waals surface area (Å²) < 4.78 is 4.78. The van der Waals surface area contributed by atoms with Crippen molar-refractivity contribution in [1.82, 2.24) is 0 Å². The number of hydrogen-bond acceptors (Lipinski definition) is 4. The van der Waals surface area contributed by atoms with Crippen molar-refractivity contribution in [3.63, 3.8) is 0 Å². The lowest BCUT2D eigenvalue weighted by molar-refractivity contribution is -0.125. The summed E-state index contributed by atoms with van der Waals surface area (Å²) in [6.45, 7) is 1.39. The van der Waals surface area contributed by atoms with Crippen molar-refractivity contribution >= 4 is 29.2 Å². The number of nitrogens with two attached hydrogens (primary N) is 2. The van der Waals surface area contributed by atoms with Crippen LogP contribution in [-0.4, -0.2) is 18.0 Å². The fourth-order valence-electron chi connectivity index (χ4n) is 0.957. The van der Waals surface area contributed by atoms with Crippen molar-refractivity contribution in [2.75, 3.05) is 5.73 Å². The molecule has 0 saturated carbocycles. The Morgan fingerprint density at radius 2 is 2.06 bits per heavy atom. The Kier molecular flexibility index (Phi) is 3.73. The van der Waals surface area contributed by atoms with Gasteiger partial charge in [0, 0.05) is 0 Å². The summed E-state index contributed by atoms with van der Waals surface area (Å²) in [7, 11) is 0. The van der Waals surface area contributed by atoms with E-state index in [4.69, 9.17) is 27.8 Å². The highest BCUT2D eigenvalue weighted by atomic mass is 35.5. The fraction of sp³-hybridized carbons (Fsp3) is 0.200. The minimum Gasteiger partial charge on any atom is -0.449 e. The normalized spacial score (nSPS) is 11.9. The first-order chi connectivity index (χ1) is 7.41. The van der Waals surface area contributed by atoms with Crippen molar-refractivity contribution in [3.8, 4) is 0 Å². The number of anilines is 1. The number of benzene rings is 1. The predicted octanol–water partition coefficient (Wildman–Crippen LogP) is 0.953. The lowest BCUT2D eigenvalue weighted by Crippen LogP contribution is -2.30. The number of ether oxygens (including phenoxy) is 1. The van der Waals surface area contributed by atoms with Gasteiger partial charge in [-0.15, -0.1) is 0 Å². The molecule has 0 aliphatic carbocycles. The maximum atomic E-state index is 11.5. The van der Waals surface area contributed by atoms with Gasteiger partial charge in [-0.25, -0.2) is 4.79 Å². The minimum absolute atomic E-state index is 0.218. The van der Waals surface area contributed by atoms with E-state index in [1.54, 1.807) is 0 Å². The summed E-state index contributed by atoms with van der Waals surface area (Å²) in [5.74, 6) is -1.38. The Morgan fingerprint density at radius 1 is 1.44 bits per heavy atom. The van der Waals surface area contributed by atoms with Gasteiger partial charge < -0.3 is 16.2 Å². The molecule has 0 bridgehead atoms. The number of esters is 1. The summed E-state index contributed by atoms with van der Waals surface area (Å²) in [4.78, 5) is 22.2. The molecule has 0 unspecified atom stereocenters. The average Bonchev–Trinajstić information content (AvgIpc) is 2.21. The Labute approximate surface area is 97.3 Å². The molecule has 1 amide bonds. The van der Waals surface area contributed by atoms with E-state index in [2.05, 4.69) is 0 Å². The van der Waals surface area contributed by atoms with Crippen LogP contribution in [0, 0.1) is 0 Å². The molecule has 0 radical (unpaired) electrons. The Balaban J connectivity index is 2.81. The number of carbonyl (C=O) groups excluding carboxylic acids is 2. The van der Waals surface area contributed by atoms with Crippen LogP contribution in [0.25, 0.3) is 0 Å². The third kappa shape index (κ3) is 2.87. The largest absolute Gasteiger partial charge is 0.449 e. The molecule has 1 rings (SSSR count). The molecule has 0 fully saturated rings. The minimum atomic E-state index is -0.982. The molecule has 86 valence electrons. The molecule has 0 spiro atoms. The second kappa shape index (κ2) is 4.85. The van der Waals surface area contributed by atoms with E-state index in [1.807, 2.05) is 0 Å². The zero-order valence-corrected chi connectivity index (χ0v) is 9.32. The highest BCUT2D eigenvalue weighted by Gasteiger charge is 2.16. The summed E-state index contributed by atoms with van der Waals surface area (Å²) in [6, 6.07) is 4.30. The monoisotopic (exact) mass is 242 g/mol. The van der Waals surface area contributed by atoms with Gasteiger partial charge in [0.1, 0.15) is 0 Å². The van der Waals surface area contributed by atoms with Crippen molar-refractivity contribution in [3.05, 3.63) is 28.8 Å². The zero-order chi connectivity index (χ0) is 12.3. The van der Waals surface area contributed by atoms with Gasteiger partial charge in [-0.1, -0.05) is 11.6 Å². The summed E-state index contributed by atoms with van der Waals surface area (Å²) >= 11 is 5.69. The molecule has 16 heavy (non-hydrogen) atoms. The third-order valence-corrected chi connectivity index (χ3v) is 2.26. The van der Waals surface area contributed by atoms with Crippen LogP contribution in [-0.2, 0) is 9.53 Å². The van der Waals surface area contributed by atoms with Crippen molar-refractivity contribution < 1.29 is 14.3 Å². The number of primary amides is 1. The summed E-state index contributed by atoms with van der Waals surface area (Å²) in [6.07, 6.45) is -0.982. The van der Waals surface area contributed by atoms with Crippen LogP contribution in [0.1, 0.15) is 17.3 Å². The van der Waals surface area contributed by atoms with Gasteiger partial charge in [-0.3, -0.25) is 4.79 Å². The topological polar surface area (TPSA) is 95.4 Å². The second-order valence-electron chi connectivity index (χ2n) is 3.19. The number of amides is 1.